The van der Waals surface area contributed by atoms with Crippen LogP contribution in [0.25, 0.3) is 0 Å². The molecule has 0 aromatic heterocycles. The highest BCUT2D eigenvalue weighted by Crippen LogP contribution is 2.27. The summed E-state index contributed by atoms with van der Waals surface area (Å²) in [5.41, 5.74) is 3.45. The van der Waals surface area contributed by atoms with Crippen molar-refractivity contribution in [2.75, 3.05) is 29.0 Å². The number of nitrogens with one attached hydrogen (secondary N) is 1. The van der Waals surface area contributed by atoms with Gasteiger partial charge in [-0.1, -0.05) is 23.7 Å². The van der Waals surface area contributed by atoms with E-state index in [1.54, 1.807) is 24.3 Å². The maximum Gasteiger partial charge on any atom is 0.264 e. The van der Waals surface area contributed by atoms with Crippen molar-refractivity contribution in [3.63, 3.8) is 0 Å². The van der Waals surface area contributed by atoms with Gasteiger partial charge in [0.05, 0.1) is 23.4 Å². The van der Waals surface area contributed by atoms with Crippen LogP contribution in [-0.4, -0.2) is 51.3 Å². The molecule has 1 amide bonds. The summed E-state index contributed by atoms with van der Waals surface area (Å²) >= 11 is 7.77. The van der Waals surface area contributed by atoms with Gasteiger partial charge in [-0.15, -0.1) is 0 Å². The molecule has 0 atom stereocenters. The number of nitrogens with zero attached hydrogens (tertiary/aromatic N) is 2. The van der Waals surface area contributed by atoms with E-state index < -0.39 is 22.5 Å². The van der Waals surface area contributed by atoms with E-state index in [0.29, 0.717) is 23.1 Å². The fraction of sp³-hybridized carbons (Fsp3) is 0.231. The van der Waals surface area contributed by atoms with Crippen molar-refractivity contribution in [2.24, 2.45) is 5.10 Å². The number of hydrogen-bond acceptors (Lipinski definition) is 7. The first-order valence-electron chi connectivity index (χ1n) is 11.5. The van der Waals surface area contributed by atoms with Crippen LogP contribution in [0.4, 0.5) is 5.69 Å². The second-order valence-electron chi connectivity index (χ2n) is 8.04. The lowest BCUT2D eigenvalue weighted by Crippen LogP contribution is -2.39. The van der Waals surface area contributed by atoms with Crippen molar-refractivity contribution in [1.29, 1.82) is 0 Å². The van der Waals surface area contributed by atoms with Crippen molar-refractivity contribution in [3.8, 4) is 11.5 Å². The van der Waals surface area contributed by atoms with Crippen molar-refractivity contribution < 1.29 is 22.7 Å². The zero-order valence-corrected chi connectivity index (χ0v) is 22.4. The number of benzene rings is 3. The van der Waals surface area contributed by atoms with E-state index in [1.165, 1.54) is 30.5 Å². The van der Waals surface area contributed by atoms with E-state index in [-0.39, 0.29) is 11.0 Å². The molecule has 1 saturated heterocycles. The normalized spacial score (nSPS) is 13.7. The molecule has 3 aromatic carbocycles. The fourth-order valence-electron chi connectivity index (χ4n) is 3.41. The number of anilines is 1. The molecule has 0 bridgehead atoms. The van der Waals surface area contributed by atoms with Crippen LogP contribution >= 0.6 is 23.4 Å². The van der Waals surface area contributed by atoms with E-state index in [9.17, 15) is 13.2 Å². The van der Waals surface area contributed by atoms with Crippen LogP contribution < -0.4 is 19.2 Å². The molecule has 4 rings (SSSR count). The molecule has 37 heavy (non-hydrogen) atoms. The molecule has 0 unspecified atom stereocenters. The highest BCUT2D eigenvalue weighted by molar-refractivity contribution is 8.00. The summed E-state index contributed by atoms with van der Waals surface area (Å²) in [6.07, 6.45) is 1.70. The average molecular weight is 560 g/mol. The van der Waals surface area contributed by atoms with Crippen LogP contribution in [0.2, 0.25) is 5.02 Å². The Morgan fingerprint density at radius 1 is 1.11 bits per heavy atom. The van der Waals surface area contributed by atoms with Crippen LogP contribution in [0, 0.1) is 0 Å². The standard InChI is InChI=1S/C26H26ClN3O5S2/c1-2-34-22-10-8-21(9-11-22)30(37(32,33)25-12-6-20(27)7-13-25)16-26(31)29-28-15-19-4-3-5-23(14-19)35-24-17-36-18-24/h3-15,24H,2,16-18H2,1H3,(H,29,31)/b28-15-. The molecule has 1 N–H and O–H groups in total. The minimum Gasteiger partial charge on any atom is -0.494 e. The summed E-state index contributed by atoms with van der Waals surface area (Å²) in [4.78, 5) is 12.8. The molecule has 1 aliphatic rings. The molecule has 0 spiro atoms. The molecule has 1 aliphatic heterocycles. The van der Waals surface area contributed by atoms with Gasteiger partial charge in [-0.3, -0.25) is 9.10 Å². The molecule has 8 nitrogen and oxygen atoms in total. The smallest absolute Gasteiger partial charge is 0.264 e. The Morgan fingerprint density at radius 2 is 1.84 bits per heavy atom. The third-order valence-corrected chi connectivity index (χ3v) is 8.55. The minimum absolute atomic E-state index is 0.00348. The van der Waals surface area contributed by atoms with Gasteiger partial charge >= 0.3 is 0 Å². The average Bonchev–Trinajstić information content (AvgIpc) is 2.86. The molecule has 194 valence electrons. The van der Waals surface area contributed by atoms with Gasteiger partial charge in [0.1, 0.15) is 24.1 Å². The summed E-state index contributed by atoms with van der Waals surface area (Å²) in [5.74, 6) is 2.65. The molecule has 3 aromatic rings. The number of thioether (sulfide) groups is 1. The molecule has 0 aliphatic carbocycles. The molecular formula is C26H26ClN3O5S2. The van der Waals surface area contributed by atoms with Gasteiger partial charge in [-0.05, 0) is 73.2 Å². The quantitative estimate of drug-likeness (QED) is 0.273. The van der Waals surface area contributed by atoms with Gasteiger partial charge in [-0.25, -0.2) is 13.8 Å². The van der Waals surface area contributed by atoms with Gasteiger partial charge < -0.3 is 9.47 Å². The van der Waals surface area contributed by atoms with Gasteiger partial charge in [0.2, 0.25) is 0 Å². The Bertz CT molecular complexity index is 1350. The maximum absolute atomic E-state index is 13.5. The van der Waals surface area contributed by atoms with Crippen molar-refractivity contribution in [1.82, 2.24) is 5.43 Å². The van der Waals surface area contributed by atoms with E-state index in [0.717, 1.165) is 27.1 Å². The summed E-state index contributed by atoms with van der Waals surface area (Å²) in [6, 6.07) is 19.6. The Kier molecular flexibility index (Phi) is 8.96. The van der Waals surface area contributed by atoms with Gasteiger partial charge in [0, 0.05) is 16.5 Å². The Morgan fingerprint density at radius 3 is 2.49 bits per heavy atom. The third kappa shape index (κ3) is 7.18. The second kappa shape index (κ2) is 12.4. The van der Waals surface area contributed by atoms with E-state index in [4.69, 9.17) is 21.1 Å². The molecule has 1 heterocycles. The molecule has 1 fully saturated rings. The second-order valence-corrected chi connectivity index (χ2v) is 11.4. The van der Waals surface area contributed by atoms with Crippen molar-refractivity contribution in [2.45, 2.75) is 17.9 Å². The molecule has 0 saturated carbocycles. The van der Waals surface area contributed by atoms with Gasteiger partial charge in [0.15, 0.2) is 0 Å². The van der Waals surface area contributed by atoms with Crippen molar-refractivity contribution in [3.05, 3.63) is 83.4 Å². The lowest BCUT2D eigenvalue weighted by atomic mass is 10.2. The van der Waals surface area contributed by atoms with Crippen LogP contribution in [-0.2, 0) is 14.8 Å². The monoisotopic (exact) mass is 559 g/mol. The summed E-state index contributed by atoms with van der Waals surface area (Å²) in [7, 11) is -4.08. The van der Waals surface area contributed by atoms with E-state index in [1.807, 2.05) is 43.0 Å². The SMILES string of the molecule is CCOc1ccc(N(CC(=O)N/N=C\c2cccc(OC3CSC3)c2)S(=O)(=O)c2ccc(Cl)cc2)cc1. The molecule has 11 heteroatoms. The lowest BCUT2D eigenvalue weighted by molar-refractivity contribution is -0.119. The Balaban J connectivity index is 1.49. The highest BCUT2D eigenvalue weighted by atomic mass is 35.5. The van der Waals surface area contributed by atoms with Crippen LogP contribution in [0.5, 0.6) is 11.5 Å². The predicted octanol–water partition coefficient (Wildman–Crippen LogP) is 4.58. The number of ether oxygens (including phenoxy) is 2. The van der Waals surface area contributed by atoms with E-state index >= 15 is 0 Å². The predicted molar refractivity (Wildman–Crippen MR) is 148 cm³/mol. The Labute approximate surface area is 225 Å². The topological polar surface area (TPSA) is 97.3 Å². The largest absolute Gasteiger partial charge is 0.494 e. The molecular weight excluding hydrogens is 534 g/mol. The number of halogens is 1. The zero-order valence-electron chi connectivity index (χ0n) is 20.0. The van der Waals surface area contributed by atoms with Crippen LogP contribution in [0.15, 0.2) is 82.8 Å². The lowest BCUT2D eigenvalue weighted by Gasteiger charge is -2.25. The van der Waals surface area contributed by atoms with E-state index in [2.05, 4.69) is 10.5 Å². The van der Waals surface area contributed by atoms with Crippen molar-refractivity contribution >= 4 is 51.2 Å². The number of sulfonamides is 1. The fourth-order valence-corrected chi connectivity index (χ4v) is 5.52. The highest BCUT2D eigenvalue weighted by Gasteiger charge is 2.27. The number of hydrogen-bond donors (Lipinski definition) is 1. The number of amides is 1. The maximum atomic E-state index is 13.5. The summed E-state index contributed by atoms with van der Waals surface area (Å²) < 4.78 is 39.3. The first-order chi connectivity index (χ1) is 17.8. The first kappa shape index (κ1) is 26.8. The summed E-state index contributed by atoms with van der Waals surface area (Å²) in [6.45, 7) is 1.84. The third-order valence-electron chi connectivity index (χ3n) is 5.30. The molecule has 0 radical (unpaired) electrons. The summed E-state index contributed by atoms with van der Waals surface area (Å²) in [5, 5.41) is 4.41. The number of carbonyl (C=O) groups is 1. The first-order valence-corrected chi connectivity index (χ1v) is 14.5. The number of carbonyl (C=O) groups excluding carboxylic acids is 1. The number of hydrazone groups is 1. The Hall–Kier alpha value is -3.21. The zero-order chi connectivity index (χ0) is 26.3. The van der Waals surface area contributed by atoms with Crippen LogP contribution in [0.3, 0.4) is 0 Å². The van der Waals surface area contributed by atoms with Crippen LogP contribution in [0.1, 0.15) is 12.5 Å². The minimum atomic E-state index is -4.08. The van der Waals surface area contributed by atoms with Gasteiger partial charge in [-0.2, -0.15) is 16.9 Å². The van der Waals surface area contributed by atoms with Gasteiger partial charge in [0.25, 0.3) is 15.9 Å². The number of rotatable bonds is 11.